The van der Waals surface area contributed by atoms with Gasteiger partial charge >= 0.3 is 0 Å². The van der Waals surface area contributed by atoms with Crippen molar-refractivity contribution in [1.29, 1.82) is 0 Å². The molecule has 5 rings (SSSR count). The van der Waals surface area contributed by atoms with E-state index in [0.717, 1.165) is 40.1 Å². The number of piperidine rings is 1. The van der Waals surface area contributed by atoms with Crippen molar-refractivity contribution in [2.75, 3.05) is 6.54 Å². The molecule has 4 aromatic rings. The minimum Gasteiger partial charge on any atom is -0.485 e. The fraction of sp³-hybridized carbons (Fsp3) is 0.304. The van der Waals surface area contributed by atoms with Gasteiger partial charge in [-0.3, -0.25) is 9.78 Å². The van der Waals surface area contributed by atoms with Crippen LogP contribution in [-0.4, -0.2) is 32.5 Å². The fourth-order valence-corrected chi connectivity index (χ4v) is 4.80. The van der Waals surface area contributed by atoms with Crippen LogP contribution < -0.4 is 4.74 Å². The largest absolute Gasteiger partial charge is 0.485 e. The Labute approximate surface area is 183 Å². The summed E-state index contributed by atoms with van der Waals surface area (Å²) in [6.45, 7) is 2.88. The van der Waals surface area contributed by atoms with E-state index in [9.17, 15) is 4.79 Å². The Bertz CT molecular complexity index is 1200. The number of hydrogen-bond donors (Lipinski definition) is 0. The van der Waals surface area contributed by atoms with E-state index in [0.29, 0.717) is 23.7 Å². The molecule has 1 amide bonds. The molecular formula is C23H22N4O3S. The highest BCUT2D eigenvalue weighted by molar-refractivity contribution is 7.18. The summed E-state index contributed by atoms with van der Waals surface area (Å²) < 4.78 is 12.3. The molecule has 31 heavy (non-hydrogen) atoms. The molecule has 1 fully saturated rings. The lowest BCUT2D eigenvalue weighted by Gasteiger charge is -2.35. The highest BCUT2D eigenvalue weighted by atomic mass is 32.1. The van der Waals surface area contributed by atoms with Crippen LogP contribution in [0.2, 0.25) is 0 Å². The van der Waals surface area contributed by atoms with E-state index in [1.54, 1.807) is 23.6 Å². The minimum atomic E-state index is -0.122. The van der Waals surface area contributed by atoms with Gasteiger partial charge in [-0.2, -0.15) is 0 Å². The molecule has 0 aliphatic carbocycles. The van der Waals surface area contributed by atoms with Crippen molar-refractivity contribution < 1.29 is 14.1 Å². The van der Waals surface area contributed by atoms with Gasteiger partial charge in [0.2, 0.25) is 0 Å². The first kappa shape index (κ1) is 19.7. The predicted octanol–water partition coefficient (Wildman–Crippen LogP) is 4.93. The lowest BCUT2D eigenvalue weighted by molar-refractivity contribution is 0.0600. The number of pyridine rings is 1. The normalized spacial score (nSPS) is 16.5. The monoisotopic (exact) mass is 434 g/mol. The number of fused-ring (bicyclic) bond motifs is 1. The number of ether oxygens (including phenoxy) is 1. The molecule has 1 atom stereocenters. The van der Waals surface area contributed by atoms with Gasteiger partial charge in [-0.25, -0.2) is 4.98 Å². The number of rotatable bonds is 5. The standard InChI is InChI=1S/C23H22N4O3S/c1-15-25-19-11-17(7-8-22(19)31-15)29-14-18-12-20(26-30-18)23(28)27-10-3-2-6-21(27)16-5-4-9-24-13-16/h4-5,7-9,11-13,21H,2-3,6,10,14H2,1H3/t21-/m1/s1. The molecule has 1 aromatic carbocycles. The van der Waals surface area contributed by atoms with E-state index in [1.165, 1.54) is 0 Å². The van der Waals surface area contributed by atoms with Crippen molar-refractivity contribution in [3.8, 4) is 5.75 Å². The molecule has 1 saturated heterocycles. The number of carbonyl (C=O) groups is 1. The molecule has 0 bridgehead atoms. The number of thiazole rings is 1. The van der Waals surface area contributed by atoms with E-state index < -0.39 is 0 Å². The van der Waals surface area contributed by atoms with Gasteiger partial charge in [0, 0.05) is 31.1 Å². The molecule has 0 unspecified atom stereocenters. The molecule has 158 valence electrons. The zero-order chi connectivity index (χ0) is 21.2. The first-order valence-electron chi connectivity index (χ1n) is 10.3. The highest BCUT2D eigenvalue weighted by Crippen LogP contribution is 2.32. The van der Waals surface area contributed by atoms with Gasteiger partial charge in [0.25, 0.3) is 5.91 Å². The SMILES string of the molecule is Cc1nc2cc(OCc3cc(C(=O)N4CCCC[C@@H]4c4cccnc4)no3)ccc2s1. The number of carbonyl (C=O) groups excluding carboxylic acids is 1. The van der Waals surface area contributed by atoms with Crippen LogP contribution in [0.1, 0.15) is 52.1 Å². The predicted molar refractivity (Wildman–Crippen MR) is 117 cm³/mol. The lowest BCUT2D eigenvalue weighted by Crippen LogP contribution is -2.38. The number of likely N-dealkylation sites (tertiary alicyclic amines) is 1. The van der Waals surface area contributed by atoms with Crippen LogP contribution in [0.15, 0.2) is 53.3 Å². The van der Waals surface area contributed by atoms with E-state index >= 15 is 0 Å². The zero-order valence-electron chi connectivity index (χ0n) is 17.2. The molecule has 0 saturated carbocycles. The molecule has 0 spiro atoms. The Hall–Kier alpha value is -3.26. The van der Waals surface area contributed by atoms with Crippen LogP contribution in [-0.2, 0) is 6.61 Å². The second kappa shape index (κ2) is 8.47. The Morgan fingerprint density at radius 2 is 2.23 bits per heavy atom. The summed E-state index contributed by atoms with van der Waals surface area (Å²) >= 11 is 1.65. The third kappa shape index (κ3) is 4.16. The summed E-state index contributed by atoms with van der Waals surface area (Å²) in [5, 5.41) is 5.03. The van der Waals surface area contributed by atoms with Gasteiger partial charge in [-0.1, -0.05) is 11.2 Å². The summed E-state index contributed by atoms with van der Waals surface area (Å²) in [6, 6.07) is 11.4. The van der Waals surface area contributed by atoms with Gasteiger partial charge in [0.1, 0.15) is 12.4 Å². The van der Waals surface area contributed by atoms with Crippen LogP contribution in [0.3, 0.4) is 0 Å². The second-order valence-corrected chi connectivity index (χ2v) is 8.86. The van der Waals surface area contributed by atoms with E-state index in [2.05, 4.69) is 15.1 Å². The number of nitrogens with zero attached hydrogens (tertiary/aromatic N) is 4. The average molecular weight is 435 g/mol. The molecule has 3 aromatic heterocycles. The molecule has 0 N–H and O–H groups in total. The molecule has 1 aliphatic rings. The Morgan fingerprint density at radius 3 is 3.10 bits per heavy atom. The van der Waals surface area contributed by atoms with Crippen LogP contribution in [0.25, 0.3) is 10.2 Å². The number of amides is 1. The summed E-state index contributed by atoms with van der Waals surface area (Å²) in [6.07, 6.45) is 6.57. The van der Waals surface area contributed by atoms with Gasteiger partial charge in [-0.05, 0) is 49.9 Å². The first-order chi connectivity index (χ1) is 15.2. The molecule has 0 radical (unpaired) electrons. The van der Waals surface area contributed by atoms with E-state index in [1.807, 2.05) is 48.4 Å². The first-order valence-corrected chi connectivity index (χ1v) is 11.2. The van der Waals surface area contributed by atoms with Crippen molar-refractivity contribution in [2.24, 2.45) is 0 Å². The van der Waals surface area contributed by atoms with Gasteiger partial charge in [0.05, 0.1) is 21.3 Å². The van der Waals surface area contributed by atoms with Crippen molar-refractivity contribution in [3.63, 3.8) is 0 Å². The minimum absolute atomic E-state index is 0.0136. The molecule has 7 nitrogen and oxygen atoms in total. The molecule has 4 heterocycles. The lowest BCUT2D eigenvalue weighted by atomic mass is 9.96. The van der Waals surface area contributed by atoms with Gasteiger partial charge < -0.3 is 14.2 Å². The topological polar surface area (TPSA) is 81.4 Å². The zero-order valence-corrected chi connectivity index (χ0v) is 18.0. The smallest absolute Gasteiger partial charge is 0.276 e. The van der Waals surface area contributed by atoms with Gasteiger partial charge in [-0.15, -0.1) is 11.3 Å². The second-order valence-electron chi connectivity index (χ2n) is 7.63. The summed E-state index contributed by atoms with van der Waals surface area (Å²) in [5.41, 5.74) is 2.27. The van der Waals surface area contributed by atoms with Crippen molar-refractivity contribution in [3.05, 3.63) is 70.8 Å². The maximum atomic E-state index is 13.2. The molecule has 1 aliphatic heterocycles. The fourth-order valence-electron chi connectivity index (χ4n) is 3.99. The quantitative estimate of drug-likeness (QED) is 0.443. The maximum Gasteiger partial charge on any atom is 0.276 e. The van der Waals surface area contributed by atoms with Crippen LogP contribution >= 0.6 is 11.3 Å². The number of benzene rings is 1. The van der Waals surface area contributed by atoms with Crippen LogP contribution in [0, 0.1) is 6.92 Å². The van der Waals surface area contributed by atoms with Crippen molar-refractivity contribution in [2.45, 2.75) is 38.8 Å². The Morgan fingerprint density at radius 1 is 1.29 bits per heavy atom. The van der Waals surface area contributed by atoms with E-state index in [4.69, 9.17) is 9.26 Å². The summed E-state index contributed by atoms with van der Waals surface area (Å²) in [4.78, 5) is 23.7. The Balaban J connectivity index is 1.28. The maximum absolute atomic E-state index is 13.2. The van der Waals surface area contributed by atoms with Crippen molar-refractivity contribution in [1.82, 2.24) is 20.0 Å². The molecule has 8 heteroatoms. The van der Waals surface area contributed by atoms with Gasteiger partial charge in [0.15, 0.2) is 11.5 Å². The van der Waals surface area contributed by atoms with Crippen LogP contribution in [0.4, 0.5) is 0 Å². The third-order valence-corrected chi connectivity index (χ3v) is 6.41. The third-order valence-electron chi connectivity index (χ3n) is 5.46. The molecular weight excluding hydrogens is 412 g/mol. The number of aromatic nitrogens is 3. The number of hydrogen-bond acceptors (Lipinski definition) is 7. The number of aryl methyl sites for hydroxylation is 1. The van der Waals surface area contributed by atoms with Crippen LogP contribution in [0.5, 0.6) is 5.75 Å². The summed E-state index contributed by atoms with van der Waals surface area (Å²) in [5.74, 6) is 1.09. The average Bonchev–Trinajstić information content (AvgIpc) is 3.43. The Kier molecular flexibility index (Phi) is 5.38. The summed E-state index contributed by atoms with van der Waals surface area (Å²) in [7, 11) is 0. The van der Waals surface area contributed by atoms with Crippen molar-refractivity contribution >= 4 is 27.5 Å². The van der Waals surface area contributed by atoms with E-state index in [-0.39, 0.29) is 18.6 Å². The highest BCUT2D eigenvalue weighted by Gasteiger charge is 2.30.